The molecule has 0 N–H and O–H groups in total. The van der Waals surface area contributed by atoms with Crippen LogP contribution >= 0.6 is 0 Å². The van der Waals surface area contributed by atoms with Gasteiger partial charge in [-0.05, 0) is 25.3 Å². The molecule has 1 aliphatic heterocycles. The van der Waals surface area contributed by atoms with E-state index in [1.807, 2.05) is 6.92 Å². The fourth-order valence-corrected chi connectivity index (χ4v) is 3.86. The Balaban J connectivity index is 2.22. The average molecular weight is 319 g/mol. The minimum absolute atomic E-state index is 0.0103. The van der Waals surface area contributed by atoms with E-state index >= 15 is 0 Å². The zero-order valence-electron chi connectivity index (χ0n) is 12.6. The maximum atomic E-state index is 14.3. The summed E-state index contributed by atoms with van der Waals surface area (Å²) in [5.41, 5.74) is -0.711. The van der Waals surface area contributed by atoms with E-state index in [1.54, 1.807) is 4.57 Å². The number of aldehydes is 1. The van der Waals surface area contributed by atoms with Crippen molar-refractivity contribution in [3.8, 4) is 5.75 Å². The van der Waals surface area contributed by atoms with Gasteiger partial charge in [-0.25, -0.2) is 4.39 Å². The van der Waals surface area contributed by atoms with Crippen molar-refractivity contribution < 1.29 is 18.3 Å². The monoisotopic (exact) mass is 319 g/mol. The highest BCUT2D eigenvalue weighted by molar-refractivity contribution is 5.90. The molecular weight excluding hydrogens is 304 g/mol. The number of pyridine rings is 1. The van der Waals surface area contributed by atoms with Gasteiger partial charge in [0.05, 0.1) is 28.6 Å². The summed E-state index contributed by atoms with van der Waals surface area (Å²) in [6, 6.07) is 0.867. The van der Waals surface area contributed by atoms with Crippen LogP contribution in [-0.4, -0.2) is 17.5 Å². The van der Waals surface area contributed by atoms with Crippen LogP contribution < -0.4 is 10.2 Å². The Labute approximate surface area is 130 Å². The molecular formula is C17H15F2NO3. The number of hydrogen-bond donors (Lipinski definition) is 0. The van der Waals surface area contributed by atoms with Crippen molar-refractivity contribution in [1.82, 2.24) is 4.57 Å². The van der Waals surface area contributed by atoms with Gasteiger partial charge in [0.15, 0.2) is 23.3 Å². The van der Waals surface area contributed by atoms with Crippen LogP contribution in [0.15, 0.2) is 17.1 Å². The van der Waals surface area contributed by atoms with Gasteiger partial charge in [0.2, 0.25) is 5.82 Å². The zero-order chi connectivity index (χ0) is 16.4. The van der Waals surface area contributed by atoms with Gasteiger partial charge in [0, 0.05) is 12.1 Å². The molecule has 1 aromatic heterocycles. The lowest BCUT2D eigenvalue weighted by Gasteiger charge is -2.47. The number of rotatable bonds is 1. The van der Waals surface area contributed by atoms with E-state index in [0.29, 0.717) is 6.29 Å². The summed E-state index contributed by atoms with van der Waals surface area (Å²) in [6.07, 6.45) is 4.66. The molecule has 4 rings (SSSR count). The molecule has 2 heterocycles. The highest BCUT2D eigenvalue weighted by atomic mass is 19.2. The number of fused-ring (bicyclic) bond motifs is 1. The molecule has 23 heavy (non-hydrogen) atoms. The van der Waals surface area contributed by atoms with Crippen LogP contribution in [-0.2, 0) is 5.54 Å². The Hall–Kier alpha value is -2.24. The number of aromatic nitrogens is 1. The number of benzene rings is 1. The lowest BCUT2D eigenvalue weighted by molar-refractivity contribution is 0.0527. The van der Waals surface area contributed by atoms with Crippen LogP contribution in [0.2, 0.25) is 0 Å². The summed E-state index contributed by atoms with van der Waals surface area (Å²) in [7, 11) is 0. The van der Waals surface area contributed by atoms with Crippen molar-refractivity contribution in [1.29, 1.82) is 0 Å². The summed E-state index contributed by atoms with van der Waals surface area (Å²) in [5.74, 6) is -2.41. The average Bonchev–Trinajstić information content (AvgIpc) is 2.61. The third kappa shape index (κ3) is 1.69. The number of carbonyl (C=O) groups is 1. The molecule has 1 aliphatic carbocycles. The first kappa shape index (κ1) is 14.4. The minimum atomic E-state index is -1.14. The normalized spacial score (nSPS) is 21.6. The van der Waals surface area contributed by atoms with Crippen molar-refractivity contribution in [2.75, 3.05) is 6.61 Å². The van der Waals surface area contributed by atoms with Crippen LogP contribution in [0, 0.1) is 17.6 Å². The fraction of sp³-hybridized carbons (Fsp3) is 0.412. The second-order valence-corrected chi connectivity index (χ2v) is 6.47. The second kappa shape index (κ2) is 4.63. The lowest BCUT2D eigenvalue weighted by atomic mass is 9.68. The summed E-state index contributed by atoms with van der Waals surface area (Å²) in [6.45, 7) is 2.23. The van der Waals surface area contributed by atoms with E-state index in [4.69, 9.17) is 4.74 Å². The Morgan fingerprint density at radius 2 is 2.13 bits per heavy atom. The molecule has 2 aliphatic rings. The molecule has 0 saturated heterocycles. The third-order valence-electron chi connectivity index (χ3n) is 5.39. The Morgan fingerprint density at radius 3 is 2.74 bits per heavy atom. The smallest absolute Gasteiger partial charge is 0.202 e. The Kier molecular flexibility index (Phi) is 2.89. The van der Waals surface area contributed by atoms with Crippen LogP contribution in [0.25, 0.3) is 10.9 Å². The van der Waals surface area contributed by atoms with Gasteiger partial charge in [-0.1, -0.05) is 6.92 Å². The number of halogens is 2. The van der Waals surface area contributed by atoms with Crippen LogP contribution in [0.5, 0.6) is 5.75 Å². The SMILES string of the molecule is CC1COc2c(F)c(F)cc3c(=O)c(C=O)cn(c23)C12CCC2. The fourth-order valence-electron chi connectivity index (χ4n) is 3.86. The van der Waals surface area contributed by atoms with E-state index < -0.39 is 17.1 Å². The number of hydrogen-bond acceptors (Lipinski definition) is 3. The van der Waals surface area contributed by atoms with E-state index in [2.05, 4.69) is 0 Å². The maximum Gasteiger partial charge on any atom is 0.202 e. The molecule has 0 amide bonds. The van der Waals surface area contributed by atoms with E-state index in [0.717, 1.165) is 25.3 Å². The molecule has 1 unspecified atom stereocenters. The van der Waals surface area contributed by atoms with Crippen molar-refractivity contribution in [3.05, 3.63) is 39.7 Å². The topological polar surface area (TPSA) is 48.3 Å². The molecule has 2 aromatic rings. The first-order valence-corrected chi connectivity index (χ1v) is 7.65. The van der Waals surface area contributed by atoms with Gasteiger partial charge >= 0.3 is 0 Å². The second-order valence-electron chi connectivity index (χ2n) is 6.47. The van der Waals surface area contributed by atoms with Gasteiger partial charge in [-0.3, -0.25) is 9.59 Å². The van der Waals surface area contributed by atoms with E-state index in [1.165, 1.54) is 6.20 Å². The summed E-state index contributed by atoms with van der Waals surface area (Å²) >= 11 is 0. The highest BCUT2D eigenvalue weighted by Crippen LogP contribution is 2.49. The van der Waals surface area contributed by atoms with Crippen LogP contribution in [0.4, 0.5) is 8.78 Å². The Morgan fingerprint density at radius 1 is 1.39 bits per heavy atom. The molecule has 1 atom stereocenters. The van der Waals surface area contributed by atoms with Crippen molar-refractivity contribution in [2.24, 2.45) is 5.92 Å². The summed E-state index contributed by atoms with van der Waals surface area (Å²) < 4.78 is 35.5. The number of nitrogens with zero attached hydrogens (tertiary/aromatic N) is 1. The zero-order valence-corrected chi connectivity index (χ0v) is 12.6. The predicted molar refractivity (Wildman–Crippen MR) is 80.0 cm³/mol. The van der Waals surface area contributed by atoms with Gasteiger partial charge in [-0.2, -0.15) is 4.39 Å². The molecule has 1 fully saturated rings. The number of carbonyl (C=O) groups excluding carboxylic acids is 1. The highest BCUT2D eigenvalue weighted by Gasteiger charge is 2.46. The molecule has 1 aromatic carbocycles. The summed E-state index contributed by atoms with van der Waals surface area (Å²) in [5, 5.41) is -0.0103. The van der Waals surface area contributed by atoms with E-state index in [9.17, 15) is 18.4 Å². The van der Waals surface area contributed by atoms with E-state index in [-0.39, 0.29) is 40.3 Å². The lowest BCUT2D eigenvalue weighted by Crippen LogP contribution is -2.47. The molecule has 0 bridgehead atoms. The molecule has 6 heteroatoms. The summed E-state index contributed by atoms with van der Waals surface area (Å²) in [4.78, 5) is 23.7. The van der Waals surface area contributed by atoms with Gasteiger partial charge < -0.3 is 9.30 Å². The molecule has 1 spiro atoms. The van der Waals surface area contributed by atoms with Gasteiger partial charge in [0.25, 0.3) is 0 Å². The van der Waals surface area contributed by atoms with Gasteiger partial charge in [0.1, 0.15) is 0 Å². The predicted octanol–water partition coefficient (Wildman–Crippen LogP) is 3.00. The standard InChI is InChI=1S/C17H15F2NO3/c1-9-8-23-16-13(19)12(18)5-11-14(16)20(17(9)3-2-4-17)6-10(7-21)15(11)22/h5-7,9H,2-4,8H2,1H3. The molecule has 120 valence electrons. The minimum Gasteiger partial charge on any atom is -0.488 e. The van der Waals surface area contributed by atoms with Gasteiger partial charge in [-0.15, -0.1) is 0 Å². The first-order chi connectivity index (χ1) is 11.0. The quantitative estimate of drug-likeness (QED) is 0.759. The van der Waals surface area contributed by atoms with Crippen LogP contribution in [0.3, 0.4) is 0 Å². The molecule has 4 nitrogen and oxygen atoms in total. The van der Waals surface area contributed by atoms with Crippen molar-refractivity contribution >= 4 is 17.2 Å². The largest absolute Gasteiger partial charge is 0.488 e. The number of ether oxygens (including phenoxy) is 1. The first-order valence-electron chi connectivity index (χ1n) is 7.65. The molecule has 1 saturated carbocycles. The van der Waals surface area contributed by atoms with Crippen molar-refractivity contribution in [3.63, 3.8) is 0 Å². The van der Waals surface area contributed by atoms with Crippen molar-refractivity contribution in [2.45, 2.75) is 31.7 Å². The molecule has 0 radical (unpaired) electrons. The van der Waals surface area contributed by atoms with Crippen LogP contribution in [0.1, 0.15) is 36.5 Å². The Bertz CT molecular complexity index is 899. The third-order valence-corrected chi connectivity index (χ3v) is 5.39. The maximum absolute atomic E-state index is 14.3.